The number of nitrogens with zero attached hydrogens (tertiary/aromatic N) is 2. The molecule has 0 saturated heterocycles. The van der Waals surface area contributed by atoms with Crippen LogP contribution in [0.2, 0.25) is 0 Å². The number of carbonyl (C=O) groups excluding carboxylic acids is 1. The average molecular weight is 359 g/mol. The molecule has 1 heterocycles. The van der Waals surface area contributed by atoms with Crippen molar-refractivity contribution in [3.05, 3.63) is 53.1 Å². The van der Waals surface area contributed by atoms with Crippen molar-refractivity contribution in [2.24, 2.45) is 5.10 Å². The Morgan fingerprint density at radius 1 is 1.48 bits per heavy atom. The van der Waals surface area contributed by atoms with Gasteiger partial charge >= 0.3 is 5.97 Å². The zero-order chi connectivity index (χ0) is 18.1. The minimum absolute atomic E-state index is 0.166. The van der Waals surface area contributed by atoms with Gasteiger partial charge in [-0.2, -0.15) is 5.10 Å². The fourth-order valence-electron chi connectivity index (χ4n) is 2.16. The van der Waals surface area contributed by atoms with Crippen LogP contribution in [-0.2, 0) is 22.4 Å². The van der Waals surface area contributed by atoms with Gasteiger partial charge in [0.2, 0.25) is 5.13 Å². The van der Waals surface area contributed by atoms with Gasteiger partial charge in [0, 0.05) is 5.38 Å². The van der Waals surface area contributed by atoms with E-state index < -0.39 is 0 Å². The highest BCUT2D eigenvalue weighted by molar-refractivity contribution is 7.13. The molecule has 0 spiro atoms. The molecular formula is C18H21N3O3S. The van der Waals surface area contributed by atoms with Crippen LogP contribution in [-0.4, -0.2) is 30.9 Å². The van der Waals surface area contributed by atoms with Crippen LogP contribution in [0.3, 0.4) is 0 Å². The Kier molecular flexibility index (Phi) is 7.16. The van der Waals surface area contributed by atoms with Gasteiger partial charge in [-0.25, -0.2) is 4.98 Å². The first-order valence-electron chi connectivity index (χ1n) is 7.83. The van der Waals surface area contributed by atoms with Crippen LogP contribution in [0.25, 0.3) is 0 Å². The van der Waals surface area contributed by atoms with Crippen LogP contribution < -0.4 is 10.2 Å². The van der Waals surface area contributed by atoms with Crippen LogP contribution in [0.4, 0.5) is 5.13 Å². The number of hydrogen-bond acceptors (Lipinski definition) is 7. The molecule has 0 aliphatic carbocycles. The molecule has 0 unspecified atom stereocenters. The van der Waals surface area contributed by atoms with Crippen LogP contribution in [0.15, 0.2) is 41.3 Å². The molecule has 1 aromatic carbocycles. The Morgan fingerprint density at radius 2 is 2.32 bits per heavy atom. The summed E-state index contributed by atoms with van der Waals surface area (Å²) in [5, 5.41) is 6.62. The van der Waals surface area contributed by atoms with E-state index in [2.05, 4.69) is 22.1 Å². The van der Waals surface area contributed by atoms with Gasteiger partial charge < -0.3 is 9.47 Å². The predicted octanol–water partition coefficient (Wildman–Crippen LogP) is 3.43. The summed E-state index contributed by atoms with van der Waals surface area (Å²) in [6, 6.07) is 5.82. The molecule has 6 nitrogen and oxygen atoms in total. The van der Waals surface area contributed by atoms with Crippen molar-refractivity contribution in [3.8, 4) is 5.75 Å². The number of hydrogen-bond donors (Lipinski definition) is 1. The highest BCUT2D eigenvalue weighted by Gasteiger charge is 2.08. The minimum Gasteiger partial charge on any atom is -0.496 e. The number of ether oxygens (including phenoxy) is 2. The minimum atomic E-state index is -0.282. The Labute approximate surface area is 151 Å². The molecular weight excluding hydrogens is 338 g/mol. The van der Waals surface area contributed by atoms with Gasteiger partial charge in [0.05, 0.1) is 32.0 Å². The number of aromatic nitrogens is 1. The SMILES string of the molecule is C=CCc1cc(C=NNc2nc(CC(=O)OCC)cs2)ccc1OC. The van der Waals surface area contributed by atoms with Crippen molar-refractivity contribution in [1.29, 1.82) is 0 Å². The number of allylic oxidation sites excluding steroid dienone is 1. The van der Waals surface area contributed by atoms with Crippen molar-refractivity contribution in [2.75, 3.05) is 19.1 Å². The molecule has 2 aromatic rings. The van der Waals surface area contributed by atoms with Gasteiger partial charge in [0.15, 0.2) is 0 Å². The Bertz CT molecular complexity index is 756. The number of anilines is 1. The second-order valence-corrected chi connectivity index (χ2v) is 5.92. The lowest BCUT2D eigenvalue weighted by Crippen LogP contribution is -2.07. The summed E-state index contributed by atoms with van der Waals surface area (Å²) in [7, 11) is 1.65. The van der Waals surface area contributed by atoms with Crippen LogP contribution >= 0.6 is 11.3 Å². The molecule has 0 saturated carbocycles. The third-order valence-corrected chi connectivity index (χ3v) is 4.02. The molecule has 1 N–H and O–H groups in total. The number of rotatable bonds is 9. The van der Waals surface area contributed by atoms with E-state index in [1.165, 1.54) is 11.3 Å². The van der Waals surface area contributed by atoms with E-state index in [9.17, 15) is 4.79 Å². The highest BCUT2D eigenvalue weighted by atomic mass is 32.1. The number of benzene rings is 1. The fraction of sp³-hybridized carbons (Fsp3) is 0.278. The monoisotopic (exact) mass is 359 g/mol. The average Bonchev–Trinajstić information content (AvgIpc) is 3.03. The van der Waals surface area contributed by atoms with E-state index in [-0.39, 0.29) is 12.4 Å². The lowest BCUT2D eigenvalue weighted by Gasteiger charge is -2.07. The van der Waals surface area contributed by atoms with Crippen molar-refractivity contribution in [3.63, 3.8) is 0 Å². The van der Waals surface area contributed by atoms with Gasteiger partial charge in [-0.1, -0.05) is 6.08 Å². The molecule has 0 atom stereocenters. The zero-order valence-electron chi connectivity index (χ0n) is 14.3. The third-order valence-electron chi connectivity index (χ3n) is 3.23. The van der Waals surface area contributed by atoms with E-state index in [0.29, 0.717) is 17.4 Å². The first-order chi connectivity index (χ1) is 12.2. The predicted molar refractivity (Wildman–Crippen MR) is 101 cm³/mol. The van der Waals surface area contributed by atoms with Crippen molar-refractivity contribution in [2.45, 2.75) is 19.8 Å². The van der Waals surface area contributed by atoms with Gasteiger partial charge in [0.25, 0.3) is 0 Å². The number of methoxy groups -OCH3 is 1. The second kappa shape index (κ2) is 9.58. The Hall–Kier alpha value is -2.67. The molecule has 2 rings (SSSR count). The fourth-order valence-corrected chi connectivity index (χ4v) is 2.81. The molecule has 0 fully saturated rings. The smallest absolute Gasteiger partial charge is 0.311 e. The maximum absolute atomic E-state index is 11.4. The number of nitrogens with one attached hydrogen (secondary N) is 1. The largest absolute Gasteiger partial charge is 0.496 e. The van der Waals surface area contributed by atoms with Gasteiger partial charge in [-0.15, -0.1) is 17.9 Å². The Balaban J connectivity index is 1.97. The summed E-state index contributed by atoms with van der Waals surface area (Å²) < 4.78 is 10.2. The quantitative estimate of drug-likeness (QED) is 0.321. The van der Waals surface area contributed by atoms with Crippen LogP contribution in [0, 0.1) is 0 Å². The van der Waals surface area contributed by atoms with Crippen molar-refractivity contribution in [1.82, 2.24) is 4.98 Å². The summed E-state index contributed by atoms with van der Waals surface area (Å²) in [4.78, 5) is 15.7. The molecule has 0 radical (unpaired) electrons. The van der Waals surface area contributed by atoms with Gasteiger partial charge in [-0.05, 0) is 42.7 Å². The van der Waals surface area contributed by atoms with E-state index in [0.717, 1.165) is 23.3 Å². The van der Waals surface area contributed by atoms with Crippen molar-refractivity contribution >= 4 is 28.7 Å². The summed E-state index contributed by atoms with van der Waals surface area (Å²) in [5.74, 6) is 0.546. The van der Waals surface area contributed by atoms with E-state index in [4.69, 9.17) is 9.47 Å². The van der Waals surface area contributed by atoms with E-state index in [1.54, 1.807) is 20.2 Å². The summed E-state index contributed by atoms with van der Waals surface area (Å²) >= 11 is 1.39. The zero-order valence-corrected chi connectivity index (χ0v) is 15.1. The molecule has 1 aromatic heterocycles. The van der Waals surface area contributed by atoms with Gasteiger partial charge in [-0.3, -0.25) is 10.2 Å². The third kappa shape index (κ3) is 5.72. The first-order valence-corrected chi connectivity index (χ1v) is 8.71. The van der Waals surface area contributed by atoms with Crippen LogP contribution in [0.1, 0.15) is 23.7 Å². The number of thiazole rings is 1. The topological polar surface area (TPSA) is 72.8 Å². The molecule has 0 aliphatic heterocycles. The van der Waals surface area contributed by atoms with E-state index in [1.807, 2.05) is 29.7 Å². The maximum atomic E-state index is 11.4. The Morgan fingerprint density at radius 3 is 3.04 bits per heavy atom. The summed E-state index contributed by atoms with van der Waals surface area (Å²) in [5.41, 5.74) is 5.52. The molecule has 132 valence electrons. The molecule has 7 heteroatoms. The highest BCUT2D eigenvalue weighted by Crippen LogP contribution is 2.20. The van der Waals surface area contributed by atoms with E-state index >= 15 is 0 Å². The van der Waals surface area contributed by atoms with Crippen LogP contribution in [0.5, 0.6) is 5.75 Å². The maximum Gasteiger partial charge on any atom is 0.311 e. The molecule has 25 heavy (non-hydrogen) atoms. The van der Waals surface area contributed by atoms with Crippen molar-refractivity contribution < 1.29 is 14.3 Å². The normalized spacial score (nSPS) is 10.6. The lowest BCUT2D eigenvalue weighted by atomic mass is 10.1. The summed E-state index contributed by atoms with van der Waals surface area (Å²) in [6.07, 6.45) is 4.43. The number of esters is 1. The number of hydrazone groups is 1. The standard InChI is InChI=1S/C18H21N3O3S/c1-4-6-14-9-13(7-8-16(14)23-3)11-19-21-18-20-15(12-25-18)10-17(22)24-5-2/h4,7-9,11-12H,1,5-6,10H2,2-3H3,(H,20,21). The van der Waals surface area contributed by atoms with Gasteiger partial charge in [0.1, 0.15) is 5.75 Å². The summed E-state index contributed by atoms with van der Waals surface area (Å²) in [6.45, 7) is 5.90. The lowest BCUT2D eigenvalue weighted by molar-refractivity contribution is -0.142. The molecule has 0 amide bonds. The number of carbonyl (C=O) groups is 1. The first kappa shape index (κ1) is 18.7. The molecule has 0 aliphatic rings. The molecule has 0 bridgehead atoms. The second-order valence-electron chi connectivity index (χ2n) is 5.06.